The number of aryl methyl sites for hydroxylation is 1. The van der Waals surface area contributed by atoms with Gasteiger partial charge < -0.3 is 9.64 Å². The molecule has 104 valence electrons. The molecule has 3 nitrogen and oxygen atoms in total. The number of carbonyl (C=O) groups is 1. The fraction of sp³-hybridized carbons (Fsp3) is 0.235. The van der Waals surface area contributed by atoms with Crippen molar-refractivity contribution in [2.75, 3.05) is 26.1 Å². The molecule has 2 aromatic rings. The zero-order valence-corrected chi connectivity index (χ0v) is 12.3. The summed E-state index contributed by atoms with van der Waals surface area (Å²) >= 11 is 0. The smallest absolute Gasteiger partial charge is 0.196 e. The Hall–Kier alpha value is -2.29. The number of anilines is 1. The van der Waals surface area contributed by atoms with E-state index >= 15 is 0 Å². The van der Waals surface area contributed by atoms with E-state index in [4.69, 9.17) is 4.74 Å². The molecule has 2 rings (SSSR count). The number of hydrogen-bond donors (Lipinski definition) is 0. The number of nitrogens with zero attached hydrogens (tertiary/aromatic N) is 1. The summed E-state index contributed by atoms with van der Waals surface area (Å²) in [6.45, 7) is 1.96. The lowest BCUT2D eigenvalue weighted by Crippen LogP contribution is -2.10. The van der Waals surface area contributed by atoms with Gasteiger partial charge in [0.1, 0.15) is 5.75 Å². The van der Waals surface area contributed by atoms with Crippen molar-refractivity contribution in [3.63, 3.8) is 0 Å². The second-order valence-corrected chi connectivity index (χ2v) is 4.98. The number of carbonyl (C=O) groups excluding carboxylic acids is 1. The predicted octanol–water partition coefficient (Wildman–Crippen LogP) is 3.30. The molecule has 0 atom stereocenters. The number of benzene rings is 2. The molecule has 0 heterocycles. The summed E-state index contributed by atoms with van der Waals surface area (Å²) in [5.41, 5.74) is 3.31. The van der Waals surface area contributed by atoms with Crippen LogP contribution in [-0.2, 0) is 0 Å². The molecule has 0 saturated carbocycles. The van der Waals surface area contributed by atoms with Crippen LogP contribution in [0.2, 0.25) is 0 Å². The Morgan fingerprint density at radius 1 is 1.10 bits per heavy atom. The van der Waals surface area contributed by atoms with E-state index in [2.05, 4.69) is 0 Å². The highest BCUT2D eigenvalue weighted by atomic mass is 16.5. The summed E-state index contributed by atoms with van der Waals surface area (Å²) in [5, 5.41) is 0. The van der Waals surface area contributed by atoms with Crippen LogP contribution < -0.4 is 9.64 Å². The minimum Gasteiger partial charge on any atom is -0.496 e. The first kappa shape index (κ1) is 14.1. The largest absolute Gasteiger partial charge is 0.496 e. The Balaban J connectivity index is 2.46. The van der Waals surface area contributed by atoms with E-state index < -0.39 is 0 Å². The molecule has 0 aliphatic heterocycles. The summed E-state index contributed by atoms with van der Waals surface area (Å²) < 4.78 is 5.29. The van der Waals surface area contributed by atoms with Gasteiger partial charge in [-0.2, -0.15) is 0 Å². The molecule has 0 aliphatic rings. The van der Waals surface area contributed by atoms with Crippen LogP contribution in [0.5, 0.6) is 5.75 Å². The fourth-order valence-corrected chi connectivity index (χ4v) is 2.08. The van der Waals surface area contributed by atoms with Gasteiger partial charge in [-0.15, -0.1) is 0 Å². The Labute approximate surface area is 119 Å². The van der Waals surface area contributed by atoms with E-state index in [0.29, 0.717) is 16.9 Å². The van der Waals surface area contributed by atoms with Gasteiger partial charge in [0, 0.05) is 25.3 Å². The third-order valence-electron chi connectivity index (χ3n) is 3.22. The van der Waals surface area contributed by atoms with Gasteiger partial charge in [-0.05, 0) is 31.2 Å². The molecule has 0 unspecified atom stereocenters. The van der Waals surface area contributed by atoms with Crippen LogP contribution in [0.1, 0.15) is 21.5 Å². The van der Waals surface area contributed by atoms with E-state index in [0.717, 1.165) is 11.3 Å². The molecular formula is C17H19NO2. The lowest BCUT2D eigenvalue weighted by atomic mass is 10.00. The van der Waals surface area contributed by atoms with E-state index in [9.17, 15) is 4.79 Å². The van der Waals surface area contributed by atoms with Crippen molar-refractivity contribution < 1.29 is 9.53 Å². The second-order valence-electron chi connectivity index (χ2n) is 4.98. The van der Waals surface area contributed by atoms with Crippen molar-refractivity contribution in [2.24, 2.45) is 0 Å². The SMILES string of the molecule is COc1ccc(C)cc1C(=O)c1cccc(N(C)C)c1. The standard InChI is InChI=1S/C17H19NO2/c1-12-8-9-16(20-4)15(10-12)17(19)13-6-5-7-14(11-13)18(2)3/h5-11H,1-4H3. The highest BCUT2D eigenvalue weighted by Crippen LogP contribution is 2.24. The van der Waals surface area contributed by atoms with Crippen molar-refractivity contribution in [3.8, 4) is 5.75 Å². The highest BCUT2D eigenvalue weighted by Gasteiger charge is 2.15. The highest BCUT2D eigenvalue weighted by molar-refractivity contribution is 6.11. The Kier molecular flexibility index (Phi) is 4.08. The fourth-order valence-electron chi connectivity index (χ4n) is 2.08. The van der Waals surface area contributed by atoms with E-state index in [-0.39, 0.29) is 5.78 Å². The molecule has 0 saturated heterocycles. The van der Waals surface area contributed by atoms with Gasteiger partial charge in [-0.1, -0.05) is 23.8 Å². The first-order valence-electron chi connectivity index (χ1n) is 6.49. The zero-order valence-electron chi connectivity index (χ0n) is 12.3. The first-order valence-corrected chi connectivity index (χ1v) is 6.49. The van der Waals surface area contributed by atoms with Crippen LogP contribution in [0.25, 0.3) is 0 Å². The molecule has 20 heavy (non-hydrogen) atoms. The van der Waals surface area contributed by atoms with Gasteiger partial charge in [0.2, 0.25) is 0 Å². The maximum Gasteiger partial charge on any atom is 0.196 e. The van der Waals surface area contributed by atoms with Gasteiger partial charge in [0.05, 0.1) is 12.7 Å². The topological polar surface area (TPSA) is 29.5 Å². The Bertz CT molecular complexity index is 633. The molecule has 3 heteroatoms. The molecule has 0 bridgehead atoms. The van der Waals surface area contributed by atoms with Crippen molar-refractivity contribution in [3.05, 3.63) is 59.2 Å². The van der Waals surface area contributed by atoms with E-state index in [1.807, 2.05) is 68.4 Å². The molecule has 2 aromatic carbocycles. The Morgan fingerprint density at radius 3 is 2.50 bits per heavy atom. The zero-order chi connectivity index (χ0) is 14.7. The first-order chi connectivity index (χ1) is 9.52. The van der Waals surface area contributed by atoms with Crippen molar-refractivity contribution in [1.29, 1.82) is 0 Å². The summed E-state index contributed by atoms with van der Waals surface area (Å²) in [5.74, 6) is 0.588. The number of methoxy groups -OCH3 is 1. The van der Waals surface area contributed by atoms with Gasteiger partial charge >= 0.3 is 0 Å². The lowest BCUT2D eigenvalue weighted by molar-refractivity contribution is 0.103. The average molecular weight is 269 g/mol. The molecule has 0 spiro atoms. The second kappa shape index (κ2) is 5.78. The average Bonchev–Trinajstić information content (AvgIpc) is 2.46. The Morgan fingerprint density at radius 2 is 1.85 bits per heavy atom. The molecule has 0 amide bonds. The molecule has 0 N–H and O–H groups in total. The summed E-state index contributed by atoms with van der Waals surface area (Å²) in [6, 6.07) is 13.2. The molecular weight excluding hydrogens is 250 g/mol. The van der Waals surface area contributed by atoms with Gasteiger partial charge in [0.15, 0.2) is 5.78 Å². The lowest BCUT2D eigenvalue weighted by Gasteiger charge is -2.14. The quantitative estimate of drug-likeness (QED) is 0.798. The minimum absolute atomic E-state index is 0.0192. The van der Waals surface area contributed by atoms with Crippen LogP contribution in [0, 0.1) is 6.92 Å². The third kappa shape index (κ3) is 2.82. The maximum atomic E-state index is 12.7. The van der Waals surface area contributed by atoms with Crippen LogP contribution in [0.15, 0.2) is 42.5 Å². The minimum atomic E-state index is -0.0192. The summed E-state index contributed by atoms with van der Waals surface area (Å²) in [6.07, 6.45) is 0. The van der Waals surface area contributed by atoms with Crippen molar-refractivity contribution in [1.82, 2.24) is 0 Å². The monoisotopic (exact) mass is 269 g/mol. The maximum absolute atomic E-state index is 12.7. The number of ether oxygens (including phenoxy) is 1. The third-order valence-corrected chi connectivity index (χ3v) is 3.22. The summed E-state index contributed by atoms with van der Waals surface area (Å²) in [4.78, 5) is 14.6. The number of hydrogen-bond acceptors (Lipinski definition) is 3. The van der Waals surface area contributed by atoms with Crippen molar-refractivity contribution in [2.45, 2.75) is 6.92 Å². The van der Waals surface area contributed by atoms with Crippen LogP contribution in [-0.4, -0.2) is 27.0 Å². The summed E-state index contributed by atoms with van der Waals surface area (Å²) in [7, 11) is 5.49. The molecule has 0 aromatic heterocycles. The van der Waals surface area contributed by atoms with Crippen LogP contribution in [0.4, 0.5) is 5.69 Å². The van der Waals surface area contributed by atoms with Crippen LogP contribution in [0.3, 0.4) is 0 Å². The van der Waals surface area contributed by atoms with Gasteiger partial charge in [0.25, 0.3) is 0 Å². The van der Waals surface area contributed by atoms with E-state index in [1.54, 1.807) is 7.11 Å². The van der Waals surface area contributed by atoms with E-state index in [1.165, 1.54) is 0 Å². The number of rotatable bonds is 4. The molecule has 0 aliphatic carbocycles. The van der Waals surface area contributed by atoms with Crippen molar-refractivity contribution >= 4 is 11.5 Å². The molecule has 0 fully saturated rings. The molecule has 0 radical (unpaired) electrons. The normalized spacial score (nSPS) is 10.2. The van der Waals surface area contributed by atoms with Gasteiger partial charge in [-0.25, -0.2) is 0 Å². The predicted molar refractivity (Wildman–Crippen MR) is 81.9 cm³/mol. The number of ketones is 1. The van der Waals surface area contributed by atoms with Gasteiger partial charge in [-0.3, -0.25) is 4.79 Å². The van der Waals surface area contributed by atoms with Crippen LogP contribution >= 0.6 is 0 Å².